The molecule has 0 saturated carbocycles. The number of hydrogen-bond donors (Lipinski definition) is 2. The van der Waals surface area contributed by atoms with E-state index in [-0.39, 0.29) is 28.7 Å². The normalized spacial score (nSPS) is 12.7. The second-order valence-electron chi connectivity index (χ2n) is 8.63. The first-order chi connectivity index (χ1) is 18.9. The van der Waals surface area contributed by atoms with Gasteiger partial charge in [0.15, 0.2) is 16.7 Å². The number of rotatable bonds is 9. The van der Waals surface area contributed by atoms with Crippen LogP contribution in [-0.2, 0) is 17.6 Å². The zero-order valence-electron chi connectivity index (χ0n) is 21.2. The standard InChI is InChI=1S/C27H25BrN4O5S2/c1-3-37-17-9-7-16(8-10-17)32-26(35)23-18-5-4-6-21(18)39-25(23)30-27(32)38-14-22(33)31-29-13-15-11-19(28)24(34)20(12-15)36-2/h7-13,34H,3-6,14H2,1-2H3,(H,31,33). The number of phenols is 1. The van der Waals surface area contributed by atoms with Crippen molar-refractivity contribution in [1.82, 2.24) is 15.0 Å². The molecule has 4 aromatic rings. The molecule has 2 N–H and O–H groups in total. The number of methoxy groups -OCH3 is 1. The van der Waals surface area contributed by atoms with Crippen molar-refractivity contribution < 1.29 is 19.4 Å². The van der Waals surface area contributed by atoms with Crippen molar-refractivity contribution in [1.29, 1.82) is 0 Å². The number of aromatic nitrogens is 2. The van der Waals surface area contributed by atoms with Crippen LogP contribution in [0.2, 0.25) is 0 Å². The molecule has 2 aromatic carbocycles. The minimum Gasteiger partial charge on any atom is -0.503 e. The molecule has 0 atom stereocenters. The van der Waals surface area contributed by atoms with Gasteiger partial charge in [0.2, 0.25) is 0 Å². The van der Waals surface area contributed by atoms with Gasteiger partial charge >= 0.3 is 0 Å². The Morgan fingerprint density at radius 3 is 2.85 bits per heavy atom. The maximum Gasteiger partial charge on any atom is 0.267 e. The summed E-state index contributed by atoms with van der Waals surface area (Å²) in [6.45, 7) is 2.46. The summed E-state index contributed by atoms with van der Waals surface area (Å²) in [5.41, 5.74) is 4.75. The highest BCUT2D eigenvalue weighted by molar-refractivity contribution is 9.10. The molecule has 1 aliphatic carbocycles. The van der Waals surface area contributed by atoms with Gasteiger partial charge in [-0.3, -0.25) is 14.2 Å². The number of thioether (sulfide) groups is 1. The van der Waals surface area contributed by atoms with E-state index in [2.05, 4.69) is 26.5 Å². The Bertz CT molecular complexity index is 1630. The molecule has 1 aliphatic rings. The number of nitrogens with one attached hydrogen (secondary N) is 1. The van der Waals surface area contributed by atoms with Gasteiger partial charge < -0.3 is 14.6 Å². The molecule has 202 valence electrons. The van der Waals surface area contributed by atoms with E-state index in [1.807, 2.05) is 31.2 Å². The molecule has 0 unspecified atom stereocenters. The molecule has 1 amide bonds. The molecule has 0 saturated heterocycles. The molecule has 0 radical (unpaired) electrons. The SMILES string of the molecule is CCOc1ccc(-n2c(SCC(=O)NN=Cc3cc(Br)c(O)c(OC)c3)nc3sc4c(c3c2=O)CCC4)cc1. The second-order valence-corrected chi connectivity index (χ2v) is 11.5. The molecule has 2 heterocycles. The van der Waals surface area contributed by atoms with Crippen molar-refractivity contribution in [3.8, 4) is 22.9 Å². The van der Waals surface area contributed by atoms with Gasteiger partial charge in [0, 0.05) is 4.88 Å². The lowest BCUT2D eigenvalue weighted by molar-refractivity contribution is -0.118. The number of hydrazone groups is 1. The van der Waals surface area contributed by atoms with Gasteiger partial charge in [-0.05, 0) is 89.6 Å². The third-order valence-corrected chi connectivity index (χ3v) is 8.85. The molecule has 12 heteroatoms. The van der Waals surface area contributed by atoms with Gasteiger partial charge in [0.05, 0.1) is 41.2 Å². The third kappa shape index (κ3) is 5.68. The van der Waals surface area contributed by atoms with Gasteiger partial charge in [-0.15, -0.1) is 11.3 Å². The molecule has 0 bridgehead atoms. The number of nitrogens with zero attached hydrogens (tertiary/aromatic N) is 3. The van der Waals surface area contributed by atoms with E-state index in [1.165, 1.54) is 30.0 Å². The molecular weight excluding hydrogens is 604 g/mol. The maximum atomic E-state index is 13.8. The highest BCUT2D eigenvalue weighted by Gasteiger charge is 2.24. The van der Waals surface area contributed by atoms with Gasteiger partial charge in [-0.1, -0.05) is 11.8 Å². The Labute approximate surface area is 241 Å². The average molecular weight is 630 g/mol. The van der Waals surface area contributed by atoms with Crippen LogP contribution in [0.1, 0.15) is 29.3 Å². The predicted octanol–water partition coefficient (Wildman–Crippen LogP) is 5.05. The molecule has 0 aliphatic heterocycles. The van der Waals surface area contributed by atoms with Gasteiger partial charge in [-0.2, -0.15) is 5.10 Å². The smallest absolute Gasteiger partial charge is 0.267 e. The zero-order chi connectivity index (χ0) is 27.5. The van der Waals surface area contributed by atoms with Crippen LogP contribution in [0, 0.1) is 0 Å². The summed E-state index contributed by atoms with van der Waals surface area (Å²) in [6, 6.07) is 10.5. The summed E-state index contributed by atoms with van der Waals surface area (Å²) < 4.78 is 12.7. The Balaban J connectivity index is 1.39. The van der Waals surface area contributed by atoms with E-state index in [4.69, 9.17) is 14.5 Å². The van der Waals surface area contributed by atoms with Crippen molar-refractivity contribution in [3.63, 3.8) is 0 Å². The number of benzene rings is 2. The fourth-order valence-electron chi connectivity index (χ4n) is 4.37. The summed E-state index contributed by atoms with van der Waals surface area (Å²) in [6.07, 6.45) is 4.34. The van der Waals surface area contributed by atoms with Crippen LogP contribution in [0.5, 0.6) is 17.2 Å². The van der Waals surface area contributed by atoms with Crippen LogP contribution in [0.4, 0.5) is 0 Å². The summed E-state index contributed by atoms with van der Waals surface area (Å²) in [4.78, 5) is 33.2. The summed E-state index contributed by atoms with van der Waals surface area (Å²) in [7, 11) is 1.45. The van der Waals surface area contributed by atoms with Gasteiger partial charge in [-0.25, -0.2) is 10.4 Å². The molecule has 9 nitrogen and oxygen atoms in total. The third-order valence-electron chi connectivity index (χ3n) is 6.12. The van der Waals surface area contributed by atoms with Crippen LogP contribution in [0.15, 0.2) is 55.9 Å². The number of hydrogen-bond acceptors (Lipinski definition) is 9. The fraction of sp³-hybridized carbons (Fsp3) is 0.259. The summed E-state index contributed by atoms with van der Waals surface area (Å²) >= 11 is 6.00. The van der Waals surface area contributed by atoms with Crippen molar-refractivity contribution >= 4 is 61.4 Å². The van der Waals surface area contributed by atoms with E-state index in [0.717, 1.165) is 24.8 Å². The molecule has 39 heavy (non-hydrogen) atoms. The molecule has 0 spiro atoms. The summed E-state index contributed by atoms with van der Waals surface area (Å²) in [5, 5.41) is 15.1. The Kier molecular flexibility index (Phi) is 8.24. The lowest BCUT2D eigenvalue weighted by atomic mass is 10.2. The van der Waals surface area contributed by atoms with Gasteiger partial charge in [0.25, 0.3) is 11.5 Å². The van der Waals surface area contributed by atoms with Crippen LogP contribution in [-0.4, -0.2) is 46.2 Å². The number of carbonyl (C=O) groups excluding carboxylic acids is 1. The first-order valence-electron chi connectivity index (χ1n) is 12.2. The zero-order valence-corrected chi connectivity index (χ0v) is 24.4. The Morgan fingerprint density at radius 2 is 2.10 bits per heavy atom. The van der Waals surface area contributed by atoms with Crippen LogP contribution in [0.25, 0.3) is 15.9 Å². The minimum atomic E-state index is -0.359. The first-order valence-corrected chi connectivity index (χ1v) is 14.8. The largest absolute Gasteiger partial charge is 0.503 e. The predicted molar refractivity (Wildman–Crippen MR) is 157 cm³/mol. The first kappa shape index (κ1) is 27.2. The van der Waals surface area contributed by atoms with Crippen molar-refractivity contribution in [3.05, 3.63) is 67.2 Å². The number of ether oxygens (including phenoxy) is 2. The fourth-order valence-corrected chi connectivity index (χ4v) is 6.94. The lowest BCUT2D eigenvalue weighted by Crippen LogP contribution is -2.24. The van der Waals surface area contributed by atoms with Crippen molar-refractivity contribution in [2.24, 2.45) is 5.10 Å². The number of aryl methyl sites for hydroxylation is 2. The second kappa shape index (κ2) is 11.8. The molecule has 5 rings (SSSR count). The summed E-state index contributed by atoms with van der Waals surface area (Å²) in [5.74, 6) is 0.613. The number of halogens is 1. The number of carbonyl (C=O) groups is 1. The van der Waals surface area contributed by atoms with E-state index < -0.39 is 0 Å². The van der Waals surface area contributed by atoms with Crippen molar-refractivity contribution in [2.75, 3.05) is 19.5 Å². The number of thiophene rings is 1. The number of phenolic OH excluding ortho intramolecular Hbond substituents is 1. The maximum absolute atomic E-state index is 13.8. The Hall–Kier alpha value is -3.35. The number of amides is 1. The highest BCUT2D eigenvalue weighted by Crippen LogP contribution is 2.36. The van der Waals surface area contributed by atoms with E-state index in [9.17, 15) is 14.7 Å². The van der Waals surface area contributed by atoms with Crippen LogP contribution < -0.4 is 20.5 Å². The van der Waals surface area contributed by atoms with Gasteiger partial charge in [0.1, 0.15) is 10.6 Å². The Morgan fingerprint density at radius 1 is 1.31 bits per heavy atom. The van der Waals surface area contributed by atoms with E-state index in [0.29, 0.717) is 43.5 Å². The lowest BCUT2D eigenvalue weighted by Gasteiger charge is -2.13. The highest BCUT2D eigenvalue weighted by atomic mass is 79.9. The van der Waals surface area contributed by atoms with E-state index in [1.54, 1.807) is 28.0 Å². The van der Waals surface area contributed by atoms with Crippen molar-refractivity contribution in [2.45, 2.75) is 31.3 Å². The molecule has 0 fully saturated rings. The minimum absolute atomic E-state index is 0.00000102. The molecular formula is C27H25BrN4O5S2. The molecule has 2 aromatic heterocycles. The van der Waals surface area contributed by atoms with E-state index >= 15 is 0 Å². The van der Waals surface area contributed by atoms with Crippen LogP contribution in [0.3, 0.4) is 0 Å². The monoisotopic (exact) mass is 628 g/mol. The average Bonchev–Trinajstić information content (AvgIpc) is 3.51. The van der Waals surface area contributed by atoms with Crippen LogP contribution >= 0.6 is 39.0 Å². The number of fused-ring (bicyclic) bond motifs is 3. The quantitative estimate of drug-likeness (QED) is 0.115. The topological polar surface area (TPSA) is 115 Å². The number of aromatic hydroxyl groups is 1.